The van der Waals surface area contributed by atoms with Crippen molar-refractivity contribution in [3.63, 3.8) is 0 Å². The van der Waals surface area contributed by atoms with E-state index in [1.54, 1.807) is 6.26 Å². The quantitative estimate of drug-likeness (QED) is 0.387. The number of nitrogens with one attached hydrogen (secondary N) is 2. The van der Waals surface area contributed by atoms with Crippen molar-refractivity contribution in [3.05, 3.63) is 41.5 Å². The van der Waals surface area contributed by atoms with Crippen LogP contribution in [0, 0.1) is 19.8 Å². The molecule has 0 amide bonds. The topological polar surface area (TPSA) is 75.6 Å². The molecule has 0 unspecified atom stereocenters. The largest absolute Gasteiger partial charge is 0.469 e. The van der Waals surface area contributed by atoms with Gasteiger partial charge in [0.05, 0.1) is 12.0 Å². The number of nitrogens with zero attached hydrogens (tertiary/aromatic N) is 2. The van der Waals surface area contributed by atoms with Crippen LogP contribution in [0.5, 0.6) is 0 Å². The number of furan rings is 1. The molecule has 2 rings (SSSR count). The van der Waals surface area contributed by atoms with Crippen LogP contribution in [-0.2, 0) is 13.0 Å². The van der Waals surface area contributed by atoms with Gasteiger partial charge in [0.15, 0.2) is 5.96 Å². The summed E-state index contributed by atoms with van der Waals surface area (Å²) < 4.78 is 10.9. The molecular weight excluding hydrogens is 419 g/mol. The molecule has 0 aliphatic rings. The summed E-state index contributed by atoms with van der Waals surface area (Å²) >= 11 is 0. The Bertz CT molecular complexity index is 601. The Balaban J connectivity index is 0.00000288. The Morgan fingerprint density at radius 3 is 2.67 bits per heavy atom. The molecule has 0 spiro atoms. The van der Waals surface area contributed by atoms with Gasteiger partial charge in [-0.25, -0.2) is 9.98 Å². The van der Waals surface area contributed by atoms with Crippen molar-refractivity contribution in [2.45, 2.75) is 40.7 Å². The first kappa shape index (κ1) is 20.5. The van der Waals surface area contributed by atoms with Crippen LogP contribution in [0.4, 0.5) is 0 Å². The molecule has 0 saturated heterocycles. The van der Waals surface area contributed by atoms with Crippen molar-refractivity contribution < 1.29 is 8.83 Å². The molecule has 0 radical (unpaired) electrons. The number of guanidine groups is 1. The van der Waals surface area contributed by atoms with Crippen LogP contribution in [0.2, 0.25) is 0 Å². The number of rotatable bonds is 7. The summed E-state index contributed by atoms with van der Waals surface area (Å²) in [5.41, 5.74) is 0.915. The lowest BCUT2D eigenvalue weighted by Gasteiger charge is -2.13. The van der Waals surface area contributed by atoms with Gasteiger partial charge in [0.1, 0.15) is 18.1 Å². The van der Waals surface area contributed by atoms with Gasteiger partial charge in [0.25, 0.3) is 0 Å². The number of oxazole rings is 1. The van der Waals surface area contributed by atoms with Crippen LogP contribution >= 0.6 is 24.0 Å². The van der Waals surface area contributed by atoms with Crippen LogP contribution in [0.15, 0.2) is 32.2 Å². The van der Waals surface area contributed by atoms with Gasteiger partial charge in [-0.05, 0) is 31.9 Å². The highest BCUT2D eigenvalue weighted by atomic mass is 127. The second kappa shape index (κ2) is 10.4. The average Bonchev–Trinajstić information content (AvgIpc) is 3.12. The minimum atomic E-state index is 0. The highest BCUT2D eigenvalue weighted by Gasteiger charge is 2.06. The number of hydrogen-bond donors (Lipinski definition) is 2. The molecule has 6 nitrogen and oxygen atoms in total. The third-order valence-electron chi connectivity index (χ3n) is 3.37. The lowest BCUT2D eigenvalue weighted by molar-refractivity contribution is 0.472. The standard InChI is InChI=1S/C17H26N4O2.HI/c1-12(2)10-19-17(18-8-7-15-6-5-9-22-15)20-11-16-21-13(3)14(4)23-16;/h5-6,9,12H,7-8,10-11H2,1-4H3,(H2,18,19,20);1H. The third kappa shape index (κ3) is 6.94. The van der Waals surface area contributed by atoms with Crippen molar-refractivity contribution >= 4 is 29.9 Å². The van der Waals surface area contributed by atoms with Crippen LogP contribution in [0.1, 0.15) is 37.0 Å². The van der Waals surface area contributed by atoms with E-state index in [-0.39, 0.29) is 24.0 Å². The summed E-state index contributed by atoms with van der Waals surface area (Å²) in [5, 5.41) is 6.64. The zero-order valence-electron chi connectivity index (χ0n) is 14.8. The highest BCUT2D eigenvalue weighted by molar-refractivity contribution is 14.0. The van der Waals surface area contributed by atoms with Crippen molar-refractivity contribution in [1.29, 1.82) is 0 Å². The fourth-order valence-corrected chi connectivity index (χ4v) is 1.99. The maximum Gasteiger partial charge on any atom is 0.216 e. The van der Waals surface area contributed by atoms with Gasteiger partial charge in [-0.1, -0.05) is 13.8 Å². The Hall–Kier alpha value is -1.51. The highest BCUT2D eigenvalue weighted by Crippen LogP contribution is 2.08. The second-order valence-corrected chi connectivity index (χ2v) is 5.94. The second-order valence-electron chi connectivity index (χ2n) is 5.94. The molecule has 0 atom stereocenters. The van der Waals surface area contributed by atoms with Crippen molar-refractivity contribution in [2.75, 3.05) is 13.1 Å². The van der Waals surface area contributed by atoms with E-state index >= 15 is 0 Å². The molecule has 0 aliphatic heterocycles. The molecule has 24 heavy (non-hydrogen) atoms. The monoisotopic (exact) mass is 446 g/mol. The summed E-state index contributed by atoms with van der Waals surface area (Å²) in [4.78, 5) is 8.90. The normalized spacial score (nSPS) is 11.5. The fourth-order valence-electron chi connectivity index (χ4n) is 1.99. The number of halogens is 1. The van der Waals surface area contributed by atoms with Gasteiger partial charge >= 0.3 is 0 Å². The molecule has 2 aromatic heterocycles. The zero-order chi connectivity index (χ0) is 16.7. The molecule has 0 aromatic carbocycles. The molecule has 0 saturated carbocycles. The van der Waals surface area contributed by atoms with E-state index in [2.05, 4.69) is 34.5 Å². The van der Waals surface area contributed by atoms with E-state index in [1.807, 2.05) is 26.0 Å². The molecular formula is C17H27IN4O2. The summed E-state index contributed by atoms with van der Waals surface area (Å²) in [5.74, 6) is 3.74. The number of aliphatic imine (C=N–C) groups is 1. The van der Waals surface area contributed by atoms with E-state index in [0.29, 0.717) is 18.4 Å². The SMILES string of the molecule is Cc1nc(CN=C(NCCc2ccco2)NCC(C)C)oc1C.I. The number of aryl methyl sites for hydroxylation is 2. The number of aromatic nitrogens is 1. The van der Waals surface area contributed by atoms with Gasteiger partial charge in [0.2, 0.25) is 5.89 Å². The third-order valence-corrected chi connectivity index (χ3v) is 3.37. The van der Waals surface area contributed by atoms with E-state index in [9.17, 15) is 0 Å². The van der Waals surface area contributed by atoms with Gasteiger partial charge in [-0.15, -0.1) is 24.0 Å². The lowest BCUT2D eigenvalue weighted by Crippen LogP contribution is -2.40. The van der Waals surface area contributed by atoms with Gasteiger partial charge in [-0.3, -0.25) is 0 Å². The number of hydrogen-bond acceptors (Lipinski definition) is 4. The van der Waals surface area contributed by atoms with E-state index in [1.165, 1.54) is 0 Å². The first-order valence-corrected chi connectivity index (χ1v) is 8.02. The molecule has 0 bridgehead atoms. The smallest absolute Gasteiger partial charge is 0.216 e. The minimum absolute atomic E-state index is 0. The minimum Gasteiger partial charge on any atom is -0.469 e. The van der Waals surface area contributed by atoms with Crippen molar-refractivity contribution in [1.82, 2.24) is 15.6 Å². The zero-order valence-corrected chi connectivity index (χ0v) is 17.1. The Morgan fingerprint density at radius 2 is 2.08 bits per heavy atom. The average molecular weight is 446 g/mol. The van der Waals surface area contributed by atoms with E-state index in [4.69, 9.17) is 8.83 Å². The van der Waals surface area contributed by atoms with Gasteiger partial charge in [0, 0.05) is 19.5 Å². The summed E-state index contributed by atoms with van der Waals surface area (Å²) in [6.45, 7) is 10.2. The molecule has 134 valence electrons. The molecule has 0 aliphatic carbocycles. The van der Waals surface area contributed by atoms with Crippen LogP contribution < -0.4 is 10.6 Å². The maximum absolute atomic E-state index is 5.56. The molecule has 2 aromatic rings. The van der Waals surface area contributed by atoms with E-state index in [0.717, 1.165) is 42.7 Å². The lowest BCUT2D eigenvalue weighted by atomic mass is 10.2. The Kier molecular flexibility index (Phi) is 8.88. The molecule has 0 fully saturated rings. The molecule has 7 heteroatoms. The van der Waals surface area contributed by atoms with E-state index < -0.39 is 0 Å². The fraction of sp³-hybridized carbons (Fsp3) is 0.529. The first-order chi connectivity index (χ1) is 11.0. The predicted molar refractivity (Wildman–Crippen MR) is 106 cm³/mol. The van der Waals surface area contributed by atoms with Crippen LogP contribution in [0.25, 0.3) is 0 Å². The van der Waals surface area contributed by atoms with Crippen molar-refractivity contribution in [2.24, 2.45) is 10.9 Å². The van der Waals surface area contributed by atoms with Crippen molar-refractivity contribution in [3.8, 4) is 0 Å². The maximum atomic E-state index is 5.56. The molecule has 2 N–H and O–H groups in total. The Morgan fingerprint density at radius 1 is 1.29 bits per heavy atom. The summed E-state index contributed by atoms with van der Waals surface area (Å²) in [6.07, 6.45) is 2.50. The van der Waals surface area contributed by atoms with Gasteiger partial charge in [-0.2, -0.15) is 0 Å². The van der Waals surface area contributed by atoms with Crippen LogP contribution in [0.3, 0.4) is 0 Å². The summed E-state index contributed by atoms with van der Waals surface area (Å²) in [7, 11) is 0. The Labute approximate surface area is 160 Å². The predicted octanol–water partition coefficient (Wildman–Crippen LogP) is 3.44. The first-order valence-electron chi connectivity index (χ1n) is 8.02. The summed E-state index contributed by atoms with van der Waals surface area (Å²) in [6, 6.07) is 3.87. The molecule has 2 heterocycles. The van der Waals surface area contributed by atoms with Gasteiger partial charge < -0.3 is 19.5 Å². The van der Waals surface area contributed by atoms with Crippen LogP contribution in [-0.4, -0.2) is 24.0 Å².